The molecule has 5 amide bonds. The van der Waals surface area contributed by atoms with Crippen molar-refractivity contribution in [1.29, 1.82) is 0 Å². The number of unbranched alkanes of at least 4 members (excludes halogenated alkanes) is 1. The van der Waals surface area contributed by atoms with Gasteiger partial charge in [0.1, 0.15) is 24.3 Å². The van der Waals surface area contributed by atoms with E-state index in [2.05, 4.69) is 12.1 Å². The molecule has 2 aromatic carbocycles. The summed E-state index contributed by atoms with van der Waals surface area (Å²) in [5.74, 6) is -0.535. The van der Waals surface area contributed by atoms with Crippen molar-refractivity contribution in [3.8, 4) is 11.1 Å². The van der Waals surface area contributed by atoms with Gasteiger partial charge in [0.2, 0.25) is 0 Å². The number of ether oxygens (including phenoxy) is 2. The van der Waals surface area contributed by atoms with Crippen LogP contribution < -0.4 is 11.5 Å². The normalized spacial score (nSPS) is 20.4. The summed E-state index contributed by atoms with van der Waals surface area (Å²) in [5, 5.41) is 0. The number of hydrogen-bond donors (Lipinski definition) is 2. The quantitative estimate of drug-likeness (QED) is 0.320. The van der Waals surface area contributed by atoms with Crippen molar-refractivity contribution in [2.24, 2.45) is 11.5 Å². The highest BCUT2D eigenvalue weighted by Crippen LogP contribution is 2.44. The van der Waals surface area contributed by atoms with Crippen LogP contribution in [0.2, 0.25) is 0 Å². The molecule has 10 heteroatoms. The zero-order valence-corrected chi connectivity index (χ0v) is 25.0. The number of fused-ring (bicyclic) bond motifs is 3. The molecule has 1 heterocycles. The molecule has 1 fully saturated rings. The highest BCUT2D eigenvalue weighted by molar-refractivity contribution is 5.88. The first-order valence-electron chi connectivity index (χ1n) is 14.7. The molecular formula is C32H43N4O6+. The Labute approximate surface area is 247 Å². The minimum absolute atomic E-state index is 0.0265. The second-order valence-electron chi connectivity index (χ2n) is 12.3. The summed E-state index contributed by atoms with van der Waals surface area (Å²) in [6, 6.07) is 14.3. The summed E-state index contributed by atoms with van der Waals surface area (Å²) in [6.45, 7) is 7.47. The SMILES string of the molecule is C[C@@H]1CCC[N+]1(C(N)=O)C(=O)[C@@H](N)CCCCN(C(=O)OCC1c2ccccc2-c2ccccc21)C(=O)OC(C)(C)C. The summed E-state index contributed by atoms with van der Waals surface area (Å²) in [6.07, 6.45) is 0.956. The molecule has 4 N–H and O–H groups in total. The zero-order chi connectivity index (χ0) is 30.7. The van der Waals surface area contributed by atoms with Crippen LogP contribution in [0.5, 0.6) is 0 Å². The van der Waals surface area contributed by atoms with Crippen LogP contribution in [-0.4, -0.2) is 70.9 Å². The summed E-state index contributed by atoms with van der Waals surface area (Å²) >= 11 is 0. The third-order valence-corrected chi connectivity index (χ3v) is 8.31. The molecule has 0 aromatic heterocycles. The first kappa shape index (κ1) is 31.2. The number of likely N-dealkylation sites (tertiary alicyclic amines) is 1. The van der Waals surface area contributed by atoms with Gasteiger partial charge in [-0.25, -0.2) is 24.1 Å². The predicted octanol–water partition coefficient (Wildman–Crippen LogP) is 5.27. The van der Waals surface area contributed by atoms with Gasteiger partial charge in [-0.15, -0.1) is 0 Å². The molecule has 1 aliphatic carbocycles. The Balaban J connectivity index is 1.39. The third kappa shape index (κ3) is 6.34. The van der Waals surface area contributed by atoms with Crippen molar-refractivity contribution in [3.63, 3.8) is 0 Å². The maximum atomic E-state index is 13.3. The van der Waals surface area contributed by atoms with Crippen molar-refractivity contribution >= 4 is 24.1 Å². The topological polar surface area (TPSA) is 142 Å². The standard InChI is InChI=1S/C32H42N4O6/c1-21-12-11-19-36(21,29(34)38)28(37)27(33)17-9-10-18-35(31(40)42-32(2,3)4)30(39)41-20-26-24-15-7-5-13-22(24)23-14-6-8-16-25(23)26/h5-8,13-16,21,26-27H,9-12,17-20,33H2,1-4H3,(H-,34,38)/p+1/t21-,27+,36?/m1/s1. The van der Waals surface area contributed by atoms with Crippen LogP contribution in [0.25, 0.3) is 11.1 Å². The molecule has 0 bridgehead atoms. The van der Waals surface area contributed by atoms with E-state index in [-0.39, 0.29) is 37.4 Å². The van der Waals surface area contributed by atoms with E-state index in [0.29, 0.717) is 19.4 Å². The molecule has 1 saturated heterocycles. The fourth-order valence-electron chi connectivity index (χ4n) is 6.14. The molecular weight excluding hydrogens is 536 g/mol. The summed E-state index contributed by atoms with van der Waals surface area (Å²) in [7, 11) is 0. The first-order chi connectivity index (χ1) is 19.9. The van der Waals surface area contributed by atoms with E-state index in [1.165, 1.54) is 0 Å². The summed E-state index contributed by atoms with van der Waals surface area (Å²) < 4.78 is 10.8. The Morgan fingerprint density at radius 1 is 0.976 bits per heavy atom. The number of benzene rings is 2. The van der Waals surface area contributed by atoms with Crippen molar-refractivity contribution in [2.75, 3.05) is 19.7 Å². The van der Waals surface area contributed by atoms with Gasteiger partial charge in [0.25, 0.3) is 0 Å². The molecule has 1 aliphatic heterocycles. The van der Waals surface area contributed by atoms with Gasteiger partial charge in [0.15, 0.2) is 0 Å². The number of rotatable bonds is 8. The number of nitrogens with two attached hydrogens (primary N) is 2. The smallest absolute Gasteiger partial charge is 0.421 e. The van der Waals surface area contributed by atoms with Crippen molar-refractivity contribution in [3.05, 3.63) is 59.7 Å². The van der Waals surface area contributed by atoms with Crippen LogP contribution >= 0.6 is 0 Å². The lowest BCUT2D eigenvalue weighted by molar-refractivity contribution is -0.784. The lowest BCUT2D eigenvalue weighted by atomic mass is 9.98. The number of primary amides is 1. The van der Waals surface area contributed by atoms with Gasteiger partial charge < -0.3 is 20.9 Å². The first-order valence-corrected chi connectivity index (χ1v) is 14.7. The van der Waals surface area contributed by atoms with E-state index >= 15 is 0 Å². The number of quaternary nitrogens is 1. The van der Waals surface area contributed by atoms with E-state index in [1.807, 2.05) is 43.3 Å². The molecule has 226 valence electrons. The average molecular weight is 580 g/mol. The van der Waals surface area contributed by atoms with Crippen LogP contribution in [0.4, 0.5) is 14.4 Å². The average Bonchev–Trinajstić information content (AvgIpc) is 3.48. The fourth-order valence-corrected chi connectivity index (χ4v) is 6.14. The number of amides is 5. The third-order valence-electron chi connectivity index (χ3n) is 8.31. The Bertz CT molecular complexity index is 1290. The molecule has 4 rings (SSSR count). The largest absolute Gasteiger partial charge is 0.448 e. The Kier molecular flexibility index (Phi) is 9.37. The molecule has 0 spiro atoms. The van der Waals surface area contributed by atoms with Crippen molar-refractivity contribution in [2.45, 2.75) is 83.4 Å². The van der Waals surface area contributed by atoms with Crippen LogP contribution in [0.1, 0.15) is 76.8 Å². The van der Waals surface area contributed by atoms with Gasteiger partial charge in [-0.1, -0.05) is 48.5 Å². The highest BCUT2D eigenvalue weighted by Gasteiger charge is 2.52. The monoisotopic (exact) mass is 579 g/mol. The van der Waals surface area contributed by atoms with Gasteiger partial charge in [0, 0.05) is 25.3 Å². The minimum atomic E-state index is -0.887. The van der Waals surface area contributed by atoms with Crippen LogP contribution in [0, 0.1) is 0 Å². The van der Waals surface area contributed by atoms with E-state index in [9.17, 15) is 19.2 Å². The van der Waals surface area contributed by atoms with Gasteiger partial charge in [-0.3, -0.25) is 0 Å². The van der Waals surface area contributed by atoms with Crippen molar-refractivity contribution in [1.82, 2.24) is 4.90 Å². The molecule has 42 heavy (non-hydrogen) atoms. The van der Waals surface area contributed by atoms with E-state index in [4.69, 9.17) is 20.9 Å². The predicted molar refractivity (Wildman–Crippen MR) is 158 cm³/mol. The number of carbonyl (C=O) groups is 4. The van der Waals surface area contributed by atoms with Gasteiger partial charge in [0.05, 0.1) is 6.54 Å². The van der Waals surface area contributed by atoms with Crippen LogP contribution in [0.3, 0.4) is 0 Å². The second-order valence-corrected chi connectivity index (χ2v) is 12.3. The van der Waals surface area contributed by atoms with Gasteiger partial charge in [-0.05, 0) is 69.2 Å². The number of carbonyl (C=O) groups excluding carboxylic acids is 4. The van der Waals surface area contributed by atoms with Gasteiger partial charge >= 0.3 is 24.1 Å². The maximum Gasteiger partial charge on any atom is 0.421 e. The fraction of sp³-hybridized carbons (Fsp3) is 0.500. The number of urea groups is 1. The molecule has 3 atom stereocenters. The van der Waals surface area contributed by atoms with E-state index in [1.54, 1.807) is 20.8 Å². The lowest BCUT2D eigenvalue weighted by Gasteiger charge is -2.33. The Morgan fingerprint density at radius 2 is 1.57 bits per heavy atom. The van der Waals surface area contributed by atoms with E-state index < -0.39 is 34.3 Å². The van der Waals surface area contributed by atoms with Crippen LogP contribution in [0.15, 0.2) is 48.5 Å². The number of nitrogens with zero attached hydrogens (tertiary/aromatic N) is 2. The number of hydrogen-bond acceptors (Lipinski definition) is 7. The summed E-state index contributed by atoms with van der Waals surface area (Å²) in [4.78, 5) is 52.7. The molecule has 10 nitrogen and oxygen atoms in total. The molecule has 2 aliphatic rings. The molecule has 0 saturated carbocycles. The Hall–Kier alpha value is -3.76. The Morgan fingerprint density at radius 3 is 2.10 bits per heavy atom. The second kappa shape index (κ2) is 12.6. The van der Waals surface area contributed by atoms with Crippen molar-refractivity contribution < 1.29 is 33.1 Å². The summed E-state index contributed by atoms with van der Waals surface area (Å²) in [5.41, 5.74) is 15.4. The van der Waals surface area contributed by atoms with E-state index in [0.717, 1.165) is 40.0 Å². The molecule has 0 radical (unpaired) electrons. The zero-order valence-electron chi connectivity index (χ0n) is 25.0. The number of imide groups is 2. The maximum absolute atomic E-state index is 13.3. The highest BCUT2D eigenvalue weighted by atomic mass is 16.6. The minimum Gasteiger partial charge on any atom is -0.448 e. The van der Waals surface area contributed by atoms with Crippen LogP contribution in [-0.2, 0) is 14.3 Å². The lowest BCUT2D eigenvalue weighted by Crippen LogP contribution is -2.65. The van der Waals surface area contributed by atoms with Gasteiger partial charge in [-0.2, -0.15) is 4.48 Å². The molecule has 2 aromatic rings. The molecule has 1 unspecified atom stereocenters.